The number of anilines is 1. The summed E-state index contributed by atoms with van der Waals surface area (Å²) >= 11 is 0. The van der Waals surface area contributed by atoms with Gasteiger partial charge < -0.3 is 14.3 Å². The van der Waals surface area contributed by atoms with E-state index in [2.05, 4.69) is 20.6 Å². The lowest BCUT2D eigenvalue weighted by atomic mass is 10.2. The predicted octanol–water partition coefficient (Wildman–Crippen LogP) is 2.83. The number of nitrogens with zero attached hydrogens (tertiary/aromatic N) is 4. The normalized spacial score (nSPS) is 10.7. The van der Waals surface area contributed by atoms with Crippen molar-refractivity contribution in [3.05, 3.63) is 72.6 Å². The lowest BCUT2D eigenvalue weighted by Gasteiger charge is -2.01. The van der Waals surface area contributed by atoms with E-state index in [0.29, 0.717) is 23.8 Å². The molecular weight excluding hydrogens is 322 g/mol. The van der Waals surface area contributed by atoms with Crippen LogP contribution in [0.4, 0.5) is 5.69 Å². The van der Waals surface area contributed by atoms with Gasteiger partial charge >= 0.3 is 0 Å². The SMILES string of the molecule is O=C(Nc1cnn(Cc2ccccc2)c1)c1cc(-c2cnco2)on1. The van der Waals surface area contributed by atoms with Gasteiger partial charge in [-0.15, -0.1) is 0 Å². The summed E-state index contributed by atoms with van der Waals surface area (Å²) in [6.07, 6.45) is 6.09. The van der Waals surface area contributed by atoms with Crippen molar-refractivity contribution in [2.24, 2.45) is 0 Å². The van der Waals surface area contributed by atoms with E-state index in [1.165, 1.54) is 18.7 Å². The minimum atomic E-state index is -0.395. The summed E-state index contributed by atoms with van der Waals surface area (Å²) in [6, 6.07) is 11.4. The Balaban J connectivity index is 1.43. The Morgan fingerprint density at radius 1 is 1.16 bits per heavy atom. The minimum Gasteiger partial charge on any atom is -0.440 e. The Bertz CT molecular complexity index is 973. The average molecular weight is 335 g/mol. The van der Waals surface area contributed by atoms with Crippen molar-refractivity contribution in [2.45, 2.75) is 6.54 Å². The van der Waals surface area contributed by atoms with Crippen LogP contribution in [0.2, 0.25) is 0 Å². The van der Waals surface area contributed by atoms with Crippen molar-refractivity contribution < 1.29 is 13.7 Å². The number of rotatable bonds is 5. The molecule has 1 N–H and O–H groups in total. The van der Waals surface area contributed by atoms with Crippen LogP contribution < -0.4 is 5.32 Å². The third-order valence-electron chi connectivity index (χ3n) is 3.50. The van der Waals surface area contributed by atoms with Crippen molar-refractivity contribution in [3.63, 3.8) is 0 Å². The van der Waals surface area contributed by atoms with Crippen molar-refractivity contribution >= 4 is 11.6 Å². The molecule has 0 aliphatic carbocycles. The summed E-state index contributed by atoms with van der Waals surface area (Å²) in [7, 11) is 0. The third-order valence-corrected chi connectivity index (χ3v) is 3.50. The van der Waals surface area contributed by atoms with E-state index in [0.717, 1.165) is 5.56 Å². The lowest BCUT2D eigenvalue weighted by Crippen LogP contribution is -2.11. The van der Waals surface area contributed by atoms with Gasteiger partial charge in [-0.3, -0.25) is 9.48 Å². The van der Waals surface area contributed by atoms with Crippen molar-refractivity contribution in [1.82, 2.24) is 19.9 Å². The van der Waals surface area contributed by atoms with Crippen LogP contribution >= 0.6 is 0 Å². The van der Waals surface area contributed by atoms with E-state index in [-0.39, 0.29) is 5.69 Å². The second-order valence-electron chi connectivity index (χ2n) is 5.31. The van der Waals surface area contributed by atoms with Crippen molar-refractivity contribution in [1.29, 1.82) is 0 Å². The van der Waals surface area contributed by atoms with Crippen LogP contribution in [0.5, 0.6) is 0 Å². The Labute approximate surface area is 142 Å². The molecule has 0 bridgehead atoms. The fraction of sp³-hybridized carbons (Fsp3) is 0.0588. The molecule has 3 heterocycles. The van der Waals surface area contributed by atoms with Crippen LogP contribution in [0.25, 0.3) is 11.5 Å². The molecule has 3 aromatic heterocycles. The number of hydrogen-bond acceptors (Lipinski definition) is 6. The molecule has 4 aromatic rings. The molecule has 25 heavy (non-hydrogen) atoms. The van der Waals surface area contributed by atoms with E-state index >= 15 is 0 Å². The molecule has 0 saturated carbocycles. The molecule has 4 rings (SSSR count). The van der Waals surface area contributed by atoms with E-state index in [1.807, 2.05) is 30.3 Å². The zero-order valence-electron chi connectivity index (χ0n) is 13.0. The number of aromatic nitrogens is 4. The molecule has 0 unspecified atom stereocenters. The van der Waals surface area contributed by atoms with Crippen LogP contribution in [-0.4, -0.2) is 25.8 Å². The first-order valence-electron chi connectivity index (χ1n) is 7.51. The van der Waals surface area contributed by atoms with Gasteiger partial charge in [0.2, 0.25) is 5.76 Å². The molecule has 0 radical (unpaired) electrons. The molecule has 8 heteroatoms. The standard InChI is InChI=1S/C17H13N5O3/c23-17(14-6-15(25-21-14)16-8-18-11-24-16)20-13-7-19-22(10-13)9-12-4-2-1-3-5-12/h1-8,10-11H,9H2,(H,20,23). The zero-order valence-corrected chi connectivity index (χ0v) is 13.0. The summed E-state index contributed by atoms with van der Waals surface area (Å²) in [4.78, 5) is 16.0. The minimum absolute atomic E-state index is 0.141. The monoisotopic (exact) mass is 335 g/mol. The van der Waals surface area contributed by atoms with E-state index in [4.69, 9.17) is 8.94 Å². The molecule has 0 spiro atoms. The Hall–Kier alpha value is -3.68. The third kappa shape index (κ3) is 3.32. The average Bonchev–Trinajstić information content (AvgIpc) is 3.37. The molecule has 0 atom stereocenters. The number of hydrogen-bond donors (Lipinski definition) is 1. The van der Waals surface area contributed by atoms with Gasteiger partial charge in [0, 0.05) is 12.3 Å². The highest BCUT2D eigenvalue weighted by Crippen LogP contribution is 2.20. The maximum Gasteiger partial charge on any atom is 0.277 e. The van der Waals surface area contributed by atoms with Gasteiger partial charge in [-0.05, 0) is 5.56 Å². The van der Waals surface area contributed by atoms with Crippen LogP contribution in [0.3, 0.4) is 0 Å². The largest absolute Gasteiger partial charge is 0.440 e. The van der Waals surface area contributed by atoms with Crippen molar-refractivity contribution in [2.75, 3.05) is 5.32 Å². The predicted molar refractivity (Wildman–Crippen MR) is 87.7 cm³/mol. The molecule has 0 aliphatic rings. The fourth-order valence-corrected chi connectivity index (χ4v) is 2.32. The van der Waals surface area contributed by atoms with Gasteiger partial charge in [0.1, 0.15) is 0 Å². The highest BCUT2D eigenvalue weighted by Gasteiger charge is 2.16. The summed E-state index contributed by atoms with van der Waals surface area (Å²) in [5, 5.41) is 10.7. The number of oxazole rings is 1. The first-order valence-corrected chi connectivity index (χ1v) is 7.51. The van der Waals surface area contributed by atoms with Crippen LogP contribution in [0, 0.1) is 0 Å². The number of nitrogens with one attached hydrogen (secondary N) is 1. The molecule has 0 saturated heterocycles. The number of benzene rings is 1. The fourth-order valence-electron chi connectivity index (χ4n) is 2.32. The highest BCUT2D eigenvalue weighted by atomic mass is 16.5. The number of carbonyl (C=O) groups excluding carboxylic acids is 1. The molecule has 0 aliphatic heterocycles. The van der Waals surface area contributed by atoms with Crippen LogP contribution in [-0.2, 0) is 6.54 Å². The smallest absolute Gasteiger partial charge is 0.277 e. The number of carbonyl (C=O) groups is 1. The van der Waals surface area contributed by atoms with Gasteiger partial charge in [-0.1, -0.05) is 35.5 Å². The van der Waals surface area contributed by atoms with Gasteiger partial charge in [0.05, 0.1) is 24.6 Å². The molecule has 124 valence electrons. The maximum absolute atomic E-state index is 12.2. The molecule has 8 nitrogen and oxygen atoms in total. The molecule has 1 amide bonds. The van der Waals surface area contributed by atoms with Gasteiger partial charge in [-0.25, -0.2) is 4.98 Å². The first-order chi connectivity index (χ1) is 12.3. The quantitative estimate of drug-likeness (QED) is 0.602. The Morgan fingerprint density at radius 2 is 2.04 bits per heavy atom. The maximum atomic E-state index is 12.2. The van der Waals surface area contributed by atoms with E-state index in [1.54, 1.807) is 17.1 Å². The molecule has 0 fully saturated rings. The summed E-state index contributed by atoms with van der Waals surface area (Å²) in [6.45, 7) is 0.621. The van der Waals surface area contributed by atoms with Gasteiger partial charge in [-0.2, -0.15) is 5.10 Å². The second-order valence-corrected chi connectivity index (χ2v) is 5.31. The van der Waals surface area contributed by atoms with E-state index in [9.17, 15) is 4.79 Å². The summed E-state index contributed by atoms with van der Waals surface area (Å²) in [5.74, 6) is 0.346. The highest BCUT2D eigenvalue weighted by molar-refractivity contribution is 6.03. The van der Waals surface area contributed by atoms with Crippen molar-refractivity contribution in [3.8, 4) is 11.5 Å². The lowest BCUT2D eigenvalue weighted by molar-refractivity contribution is 0.101. The van der Waals surface area contributed by atoms with Gasteiger partial charge in [0.15, 0.2) is 17.8 Å². The summed E-state index contributed by atoms with van der Waals surface area (Å²) in [5.41, 5.74) is 1.84. The van der Waals surface area contributed by atoms with Crippen LogP contribution in [0.1, 0.15) is 16.1 Å². The Morgan fingerprint density at radius 3 is 2.84 bits per heavy atom. The van der Waals surface area contributed by atoms with Crippen LogP contribution in [0.15, 0.2) is 70.3 Å². The topological polar surface area (TPSA) is 99.0 Å². The van der Waals surface area contributed by atoms with E-state index < -0.39 is 5.91 Å². The number of amides is 1. The first kappa shape index (κ1) is 14.9. The van der Waals surface area contributed by atoms with Gasteiger partial charge in [0.25, 0.3) is 5.91 Å². The molecular formula is C17H13N5O3. The molecule has 1 aromatic carbocycles. The zero-order chi connectivity index (χ0) is 17.1. The second kappa shape index (κ2) is 6.44. The summed E-state index contributed by atoms with van der Waals surface area (Å²) < 4.78 is 11.9. The Kier molecular flexibility index (Phi) is 3.83.